The second-order valence-electron chi connectivity index (χ2n) is 10.6. The molecule has 1 aliphatic carbocycles. The van der Waals surface area contributed by atoms with Crippen LogP contribution in [0.15, 0.2) is 24.3 Å². The Morgan fingerprint density at radius 3 is 2.40 bits per heavy atom. The summed E-state index contributed by atoms with van der Waals surface area (Å²) in [5.41, 5.74) is 7.11. The molecule has 1 aromatic rings. The quantitative estimate of drug-likeness (QED) is 0.490. The van der Waals surface area contributed by atoms with Gasteiger partial charge in [-0.3, -0.25) is 14.5 Å². The molecule has 3 fully saturated rings. The number of hydrogen-bond donors (Lipinski definition) is 3. The second-order valence-corrected chi connectivity index (χ2v) is 10.6. The number of primary amides is 1. The third kappa shape index (κ3) is 6.19. The lowest BCUT2D eigenvalue weighted by atomic mass is 9.84. The first kappa shape index (κ1) is 26.0. The molecule has 4 rings (SSSR count). The Bertz CT molecular complexity index is 890. The molecule has 194 valence electrons. The normalized spacial score (nSPS) is 27.5. The van der Waals surface area contributed by atoms with Crippen LogP contribution >= 0.6 is 0 Å². The first-order valence-electron chi connectivity index (χ1n) is 12.8. The Morgan fingerprint density at radius 1 is 1.14 bits per heavy atom. The van der Waals surface area contributed by atoms with E-state index in [-0.39, 0.29) is 18.8 Å². The van der Waals surface area contributed by atoms with Crippen molar-refractivity contribution in [2.45, 2.75) is 81.4 Å². The summed E-state index contributed by atoms with van der Waals surface area (Å²) < 4.78 is 27.1. The predicted octanol–water partition coefficient (Wildman–Crippen LogP) is 2.50. The molecular formula is C26H37F2N3O4. The highest BCUT2D eigenvalue weighted by Gasteiger charge is 2.42. The fraction of sp³-hybridized carbons (Fsp3) is 0.692. The highest BCUT2D eigenvalue weighted by molar-refractivity contribution is 5.92. The number of carbonyl (C=O) groups is 2. The fourth-order valence-corrected chi connectivity index (χ4v) is 6.27. The fourth-order valence-electron chi connectivity index (χ4n) is 6.27. The summed E-state index contributed by atoms with van der Waals surface area (Å²) in [4.78, 5) is 28.4. The van der Waals surface area contributed by atoms with E-state index in [2.05, 4.69) is 11.0 Å². The average molecular weight is 494 g/mol. The lowest BCUT2D eigenvalue weighted by Gasteiger charge is -2.41. The predicted molar refractivity (Wildman–Crippen MR) is 127 cm³/mol. The number of alkyl halides is 2. The van der Waals surface area contributed by atoms with E-state index < -0.39 is 30.4 Å². The SMILES string of the molecule is NC(=O)c1cccc([C@H]2C[C@H]3CC[C@@H](C2)N3CCN(CC2CCC(F)(F)CC2)C(=O)[C@H](O)CO)c1. The summed E-state index contributed by atoms with van der Waals surface area (Å²) in [6.45, 7) is 0.727. The van der Waals surface area contributed by atoms with Crippen LogP contribution in [0.5, 0.6) is 0 Å². The van der Waals surface area contributed by atoms with E-state index in [9.17, 15) is 28.6 Å². The number of carbonyl (C=O) groups excluding carboxylic acids is 2. The topological polar surface area (TPSA) is 107 Å². The van der Waals surface area contributed by atoms with Crippen LogP contribution in [0.2, 0.25) is 0 Å². The molecule has 0 unspecified atom stereocenters. The van der Waals surface area contributed by atoms with E-state index in [1.54, 1.807) is 11.0 Å². The van der Waals surface area contributed by atoms with Crippen molar-refractivity contribution in [2.24, 2.45) is 11.7 Å². The first-order chi connectivity index (χ1) is 16.7. The molecule has 0 spiro atoms. The minimum atomic E-state index is -2.63. The van der Waals surface area contributed by atoms with Crippen LogP contribution in [0, 0.1) is 5.92 Å². The lowest BCUT2D eigenvalue weighted by molar-refractivity contribution is -0.143. The number of amides is 2. The summed E-state index contributed by atoms with van der Waals surface area (Å²) in [5, 5.41) is 19.3. The number of nitrogens with zero attached hydrogens (tertiary/aromatic N) is 2. The number of nitrogens with two attached hydrogens (primary N) is 1. The summed E-state index contributed by atoms with van der Waals surface area (Å²) >= 11 is 0. The van der Waals surface area contributed by atoms with E-state index >= 15 is 0 Å². The first-order valence-corrected chi connectivity index (χ1v) is 12.8. The zero-order valence-corrected chi connectivity index (χ0v) is 20.1. The monoisotopic (exact) mass is 493 g/mol. The number of piperidine rings is 1. The van der Waals surface area contributed by atoms with Crippen molar-refractivity contribution >= 4 is 11.8 Å². The van der Waals surface area contributed by atoms with Gasteiger partial charge in [-0.15, -0.1) is 0 Å². The molecule has 1 aromatic carbocycles. The number of hydrogen-bond acceptors (Lipinski definition) is 5. The Balaban J connectivity index is 1.38. The summed E-state index contributed by atoms with van der Waals surface area (Å²) in [5.74, 6) is -3.26. The van der Waals surface area contributed by atoms with Gasteiger partial charge in [0.15, 0.2) is 6.10 Å². The summed E-state index contributed by atoms with van der Waals surface area (Å²) in [6, 6.07) is 8.28. The zero-order chi connectivity index (χ0) is 25.2. The van der Waals surface area contributed by atoms with Gasteiger partial charge in [-0.25, -0.2) is 8.78 Å². The van der Waals surface area contributed by atoms with Crippen molar-refractivity contribution in [2.75, 3.05) is 26.2 Å². The van der Waals surface area contributed by atoms with Crippen LogP contribution in [-0.2, 0) is 4.79 Å². The van der Waals surface area contributed by atoms with Crippen molar-refractivity contribution in [3.8, 4) is 0 Å². The van der Waals surface area contributed by atoms with Crippen molar-refractivity contribution in [3.05, 3.63) is 35.4 Å². The number of aliphatic hydroxyl groups is 2. The molecule has 2 aliphatic heterocycles. The number of aliphatic hydroxyl groups excluding tert-OH is 2. The third-order valence-corrected chi connectivity index (χ3v) is 8.24. The Hall–Kier alpha value is -2.10. The number of rotatable bonds is 9. The Morgan fingerprint density at radius 2 is 1.80 bits per heavy atom. The highest BCUT2D eigenvalue weighted by atomic mass is 19.3. The molecule has 2 saturated heterocycles. The van der Waals surface area contributed by atoms with Crippen LogP contribution in [0.1, 0.15) is 73.2 Å². The van der Waals surface area contributed by atoms with Gasteiger partial charge in [0.25, 0.3) is 5.91 Å². The van der Waals surface area contributed by atoms with Crippen molar-refractivity contribution < 1.29 is 28.6 Å². The molecule has 35 heavy (non-hydrogen) atoms. The molecule has 2 bridgehead atoms. The minimum absolute atomic E-state index is 0.0236. The molecule has 9 heteroatoms. The lowest BCUT2D eigenvalue weighted by Crippen LogP contribution is -2.50. The maximum absolute atomic E-state index is 13.6. The van der Waals surface area contributed by atoms with Gasteiger partial charge in [-0.2, -0.15) is 0 Å². The molecule has 1 saturated carbocycles. The Kier molecular flexibility index (Phi) is 8.08. The summed E-state index contributed by atoms with van der Waals surface area (Å²) in [7, 11) is 0. The molecule has 3 aliphatic rings. The molecule has 7 nitrogen and oxygen atoms in total. The van der Waals surface area contributed by atoms with Crippen LogP contribution in [0.3, 0.4) is 0 Å². The van der Waals surface area contributed by atoms with E-state index in [0.29, 0.717) is 56.0 Å². The van der Waals surface area contributed by atoms with E-state index in [1.807, 2.05) is 12.1 Å². The molecule has 4 atom stereocenters. The highest BCUT2D eigenvalue weighted by Crippen LogP contribution is 2.43. The van der Waals surface area contributed by atoms with Crippen molar-refractivity contribution in [3.63, 3.8) is 0 Å². The van der Waals surface area contributed by atoms with E-state index in [4.69, 9.17) is 5.73 Å². The van der Waals surface area contributed by atoms with E-state index in [0.717, 1.165) is 31.2 Å². The summed E-state index contributed by atoms with van der Waals surface area (Å²) in [6.07, 6.45) is 2.95. The van der Waals surface area contributed by atoms with Crippen LogP contribution in [0.25, 0.3) is 0 Å². The molecule has 4 N–H and O–H groups in total. The average Bonchev–Trinajstić information content (AvgIpc) is 3.08. The molecule has 2 heterocycles. The van der Waals surface area contributed by atoms with Gasteiger partial charge in [0.1, 0.15) is 0 Å². The second kappa shape index (κ2) is 10.9. The van der Waals surface area contributed by atoms with Crippen molar-refractivity contribution in [1.82, 2.24) is 9.80 Å². The largest absolute Gasteiger partial charge is 0.393 e. The molecular weight excluding hydrogens is 456 g/mol. The van der Waals surface area contributed by atoms with Gasteiger partial charge < -0.3 is 20.8 Å². The number of fused-ring (bicyclic) bond motifs is 2. The minimum Gasteiger partial charge on any atom is -0.393 e. The van der Waals surface area contributed by atoms with E-state index in [1.165, 1.54) is 0 Å². The van der Waals surface area contributed by atoms with Gasteiger partial charge in [0.05, 0.1) is 6.61 Å². The van der Waals surface area contributed by atoms with Crippen LogP contribution in [0.4, 0.5) is 8.78 Å². The number of halogens is 2. The van der Waals surface area contributed by atoms with Crippen LogP contribution < -0.4 is 5.73 Å². The molecule has 0 radical (unpaired) electrons. The third-order valence-electron chi connectivity index (χ3n) is 8.24. The zero-order valence-electron chi connectivity index (χ0n) is 20.1. The smallest absolute Gasteiger partial charge is 0.253 e. The Labute approximate surface area is 205 Å². The van der Waals surface area contributed by atoms with Crippen LogP contribution in [-0.4, -0.2) is 82.2 Å². The maximum atomic E-state index is 13.6. The van der Waals surface area contributed by atoms with Gasteiger partial charge in [0, 0.05) is 50.1 Å². The van der Waals surface area contributed by atoms with Gasteiger partial charge in [0.2, 0.25) is 11.8 Å². The van der Waals surface area contributed by atoms with Crippen molar-refractivity contribution in [1.29, 1.82) is 0 Å². The van der Waals surface area contributed by atoms with Gasteiger partial charge >= 0.3 is 0 Å². The molecule has 0 aromatic heterocycles. The standard InChI is InChI=1S/C26H37F2N3O4/c27-26(28)8-6-17(7-9-26)15-30(25(35)23(33)16-32)10-11-31-21-4-5-22(31)14-20(13-21)18-2-1-3-19(12-18)24(29)34/h1-3,12,17,20-23,32-33H,4-11,13-16H2,(H2,29,34)/t20-,21+,22-,23-/m1/s1. The molecule has 2 amide bonds. The van der Waals surface area contributed by atoms with Gasteiger partial charge in [-0.05, 0) is 68.1 Å². The maximum Gasteiger partial charge on any atom is 0.253 e. The number of benzene rings is 1. The van der Waals surface area contributed by atoms with Gasteiger partial charge in [-0.1, -0.05) is 12.1 Å².